The van der Waals surface area contributed by atoms with E-state index in [0.717, 1.165) is 19.2 Å². The van der Waals surface area contributed by atoms with Crippen molar-refractivity contribution < 1.29 is 50.1 Å². The summed E-state index contributed by atoms with van der Waals surface area (Å²) in [5, 5.41) is 0. The van der Waals surface area contributed by atoms with Gasteiger partial charge in [-0.1, -0.05) is 31.9 Å². The molecule has 0 saturated carbocycles. The third-order valence-corrected chi connectivity index (χ3v) is 5.12. The van der Waals surface area contributed by atoms with E-state index < -0.39 is 35.5 Å². The number of hydrogen-bond donors (Lipinski definition) is 0. The normalized spacial score (nSPS) is 11.7. The van der Waals surface area contributed by atoms with Gasteiger partial charge in [-0.15, -0.1) is 0 Å². The zero-order valence-corrected chi connectivity index (χ0v) is 22.1. The average molecular weight is 640 g/mol. The number of benzene rings is 2. The van der Waals surface area contributed by atoms with Crippen LogP contribution in [0.1, 0.15) is 47.2 Å². The van der Waals surface area contributed by atoms with Crippen molar-refractivity contribution in [2.45, 2.75) is 32.5 Å². The fourth-order valence-electron chi connectivity index (χ4n) is 2.90. The van der Waals surface area contributed by atoms with E-state index in [1.54, 1.807) is 13.8 Å². The Bertz CT molecular complexity index is 990. The van der Waals surface area contributed by atoms with Gasteiger partial charge in [0.1, 0.15) is 11.5 Å². The van der Waals surface area contributed by atoms with Crippen molar-refractivity contribution in [3.05, 3.63) is 55.5 Å². The van der Waals surface area contributed by atoms with E-state index in [-0.39, 0.29) is 25.8 Å². The second kappa shape index (κ2) is 13.5. The lowest BCUT2D eigenvalue weighted by Gasteiger charge is -2.22. The Hall–Kier alpha value is -1.83. The fraction of sp³-hybridized carbons (Fsp3) is 0.409. The third-order valence-electron chi connectivity index (χ3n) is 4.20. The van der Waals surface area contributed by atoms with Crippen molar-refractivity contribution >= 4 is 38.1 Å². The van der Waals surface area contributed by atoms with Crippen LogP contribution in [-0.2, 0) is 21.8 Å². The van der Waals surface area contributed by atoms with Crippen LogP contribution in [0.15, 0.2) is 33.2 Å². The van der Waals surface area contributed by atoms with E-state index in [1.807, 2.05) is 0 Å². The standard InChI is InChI=1S/C13H16BrF3O3.C9H6BrF3O2/c1-4-19-12(20-5-2)9-6-8(14)7-10(11(9)18-3)13(15,16)17;1-15-8-5(4-14)2-6(10)3-7(8)9(11,12)13/h6-7,12H,4-5H2,1-3H3;2-4H,1H3. The quantitative estimate of drug-likeness (QED) is 0.167. The van der Waals surface area contributed by atoms with Crippen LogP contribution in [0.25, 0.3) is 0 Å². The molecule has 0 aliphatic heterocycles. The van der Waals surface area contributed by atoms with Crippen molar-refractivity contribution in [1.29, 1.82) is 0 Å². The van der Waals surface area contributed by atoms with Crippen molar-refractivity contribution in [3.63, 3.8) is 0 Å². The van der Waals surface area contributed by atoms with E-state index in [9.17, 15) is 31.1 Å². The molecule has 0 N–H and O–H groups in total. The fourth-order valence-corrected chi connectivity index (χ4v) is 3.85. The summed E-state index contributed by atoms with van der Waals surface area (Å²) in [7, 11) is 2.28. The molecule has 0 radical (unpaired) electrons. The molecule has 2 rings (SSSR count). The van der Waals surface area contributed by atoms with Gasteiger partial charge in [0.05, 0.1) is 36.5 Å². The molecule has 0 aromatic heterocycles. The van der Waals surface area contributed by atoms with Crippen LogP contribution in [0.2, 0.25) is 0 Å². The lowest BCUT2D eigenvalue weighted by atomic mass is 10.1. The van der Waals surface area contributed by atoms with Gasteiger partial charge >= 0.3 is 12.4 Å². The van der Waals surface area contributed by atoms with Gasteiger partial charge in [-0.2, -0.15) is 26.3 Å². The summed E-state index contributed by atoms with van der Waals surface area (Å²) in [5.74, 6) is -0.742. The maximum absolute atomic E-state index is 13.0. The first kappa shape index (κ1) is 31.2. The van der Waals surface area contributed by atoms with E-state index in [0.29, 0.717) is 19.5 Å². The van der Waals surface area contributed by atoms with Gasteiger partial charge in [-0.05, 0) is 38.1 Å². The first-order chi connectivity index (χ1) is 16.2. The summed E-state index contributed by atoms with van der Waals surface area (Å²) in [6.07, 6.45) is -9.66. The molecule has 0 unspecified atom stereocenters. The minimum Gasteiger partial charge on any atom is -0.496 e. The summed E-state index contributed by atoms with van der Waals surface area (Å²) in [4.78, 5) is 10.5. The molecule has 0 aliphatic carbocycles. The van der Waals surface area contributed by atoms with Crippen LogP contribution < -0.4 is 9.47 Å². The highest BCUT2D eigenvalue weighted by Gasteiger charge is 2.37. The Balaban J connectivity index is 0.000000365. The number of halogens is 8. The van der Waals surface area contributed by atoms with E-state index in [1.165, 1.54) is 19.2 Å². The van der Waals surface area contributed by atoms with Crippen LogP contribution in [0, 0.1) is 0 Å². The molecule has 0 fully saturated rings. The highest BCUT2D eigenvalue weighted by atomic mass is 79.9. The maximum atomic E-state index is 13.0. The number of alkyl halides is 6. The first-order valence-corrected chi connectivity index (χ1v) is 11.4. The monoisotopic (exact) mass is 638 g/mol. The topological polar surface area (TPSA) is 54.0 Å². The average Bonchev–Trinajstić information content (AvgIpc) is 2.77. The molecule has 0 saturated heterocycles. The molecule has 0 atom stereocenters. The molecule has 0 spiro atoms. The van der Waals surface area contributed by atoms with Crippen LogP contribution in [0.4, 0.5) is 26.3 Å². The van der Waals surface area contributed by atoms with Gasteiger partial charge in [0.25, 0.3) is 0 Å². The van der Waals surface area contributed by atoms with Gasteiger partial charge in [-0.3, -0.25) is 4.79 Å². The summed E-state index contributed by atoms with van der Waals surface area (Å²) in [6, 6.07) is 4.61. The molecule has 35 heavy (non-hydrogen) atoms. The van der Waals surface area contributed by atoms with Crippen LogP contribution in [-0.4, -0.2) is 33.7 Å². The van der Waals surface area contributed by atoms with E-state index >= 15 is 0 Å². The number of methoxy groups -OCH3 is 2. The highest BCUT2D eigenvalue weighted by molar-refractivity contribution is 9.10. The van der Waals surface area contributed by atoms with Gasteiger partial charge < -0.3 is 18.9 Å². The minimum atomic E-state index is -4.55. The van der Waals surface area contributed by atoms with E-state index in [2.05, 4.69) is 36.6 Å². The van der Waals surface area contributed by atoms with Crippen LogP contribution in [0.3, 0.4) is 0 Å². The van der Waals surface area contributed by atoms with Crippen molar-refractivity contribution in [2.24, 2.45) is 0 Å². The SMILES string of the molecule is CCOC(OCC)c1cc(Br)cc(C(F)(F)F)c1OC.COc1c(C=O)cc(Br)cc1C(F)(F)F. The number of hydrogen-bond acceptors (Lipinski definition) is 5. The predicted octanol–water partition coefficient (Wildman–Crippen LogP) is 7.84. The molecule has 5 nitrogen and oxygen atoms in total. The third kappa shape index (κ3) is 8.65. The number of carbonyl (C=O) groups excluding carboxylic acids is 1. The number of aldehydes is 1. The largest absolute Gasteiger partial charge is 0.496 e. The van der Waals surface area contributed by atoms with Crippen molar-refractivity contribution in [1.82, 2.24) is 0 Å². The second-order valence-corrected chi connectivity index (χ2v) is 8.34. The van der Waals surface area contributed by atoms with Gasteiger partial charge in [0, 0.05) is 22.2 Å². The van der Waals surface area contributed by atoms with Gasteiger partial charge in [0.15, 0.2) is 12.6 Å². The smallest absolute Gasteiger partial charge is 0.420 e. The molecule has 2 aromatic rings. The Kier molecular flexibility index (Phi) is 12.0. The molecule has 0 amide bonds. The second-order valence-electron chi connectivity index (χ2n) is 6.51. The van der Waals surface area contributed by atoms with E-state index in [4.69, 9.17) is 14.2 Å². The Morgan fingerprint density at radius 2 is 1.23 bits per heavy atom. The molecule has 0 aliphatic rings. The lowest BCUT2D eigenvalue weighted by Crippen LogP contribution is -2.14. The molecule has 0 bridgehead atoms. The van der Waals surface area contributed by atoms with Crippen molar-refractivity contribution in [3.8, 4) is 11.5 Å². The highest BCUT2D eigenvalue weighted by Crippen LogP contribution is 2.43. The molecular formula is C22H22Br2F6O5. The zero-order valence-electron chi connectivity index (χ0n) is 18.9. The number of rotatable bonds is 8. The Labute approximate surface area is 214 Å². The van der Waals surface area contributed by atoms with Crippen molar-refractivity contribution in [2.75, 3.05) is 27.4 Å². The summed E-state index contributed by atoms with van der Waals surface area (Å²) >= 11 is 5.97. The molecule has 196 valence electrons. The summed E-state index contributed by atoms with van der Waals surface area (Å²) < 4.78 is 97.3. The molecular weight excluding hydrogens is 618 g/mol. The van der Waals surface area contributed by atoms with Gasteiger partial charge in [-0.25, -0.2) is 0 Å². The Morgan fingerprint density at radius 3 is 1.60 bits per heavy atom. The number of carbonyl (C=O) groups is 1. The van der Waals surface area contributed by atoms with Gasteiger partial charge in [0.2, 0.25) is 0 Å². The van der Waals surface area contributed by atoms with Crippen LogP contribution in [0.5, 0.6) is 11.5 Å². The zero-order chi connectivity index (χ0) is 27.0. The summed E-state index contributed by atoms with van der Waals surface area (Å²) in [6.45, 7) is 4.09. The molecule has 13 heteroatoms. The number of ether oxygens (including phenoxy) is 4. The lowest BCUT2D eigenvalue weighted by molar-refractivity contribution is -0.145. The molecule has 0 heterocycles. The Morgan fingerprint density at radius 1 is 0.800 bits per heavy atom. The first-order valence-electron chi connectivity index (χ1n) is 9.82. The molecule has 2 aromatic carbocycles. The summed E-state index contributed by atoms with van der Waals surface area (Å²) in [5.41, 5.74) is -1.77. The predicted molar refractivity (Wildman–Crippen MR) is 123 cm³/mol. The van der Waals surface area contributed by atoms with Crippen LogP contribution >= 0.6 is 31.9 Å². The minimum absolute atomic E-state index is 0.140. The maximum Gasteiger partial charge on any atom is 0.420 e.